The van der Waals surface area contributed by atoms with Crippen LogP contribution in [0.2, 0.25) is 0 Å². The summed E-state index contributed by atoms with van der Waals surface area (Å²) in [6.45, 7) is 5.28. The van der Waals surface area contributed by atoms with Crippen molar-refractivity contribution in [2.75, 3.05) is 18.8 Å². The number of rotatable bonds is 5. The van der Waals surface area contributed by atoms with Crippen LogP contribution >= 0.6 is 0 Å². The molecule has 0 aromatic rings. The van der Waals surface area contributed by atoms with Crippen LogP contribution in [0.3, 0.4) is 0 Å². The topological polar surface area (TPSA) is 78.8 Å². The zero-order valence-corrected chi connectivity index (χ0v) is 13.2. The van der Waals surface area contributed by atoms with Gasteiger partial charge in [0.2, 0.25) is 0 Å². The van der Waals surface area contributed by atoms with Gasteiger partial charge in [0.05, 0.1) is 11.3 Å². The van der Waals surface area contributed by atoms with Crippen LogP contribution in [0.5, 0.6) is 0 Å². The fourth-order valence-corrected chi connectivity index (χ4v) is 3.12. The molecule has 0 fully saturated rings. The van der Waals surface area contributed by atoms with Gasteiger partial charge >= 0.3 is 0 Å². The first kappa shape index (κ1) is 15.8. The molecule has 1 N–H and O–H groups in total. The molecule has 6 nitrogen and oxygen atoms in total. The first-order valence-electron chi connectivity index (χ1n) is 7.15. The van der Waals surface area contributed by atoms with E-state index in [2.05, 4.69) is 23.6 Å². The lowest BCUT2D eigenvalue weighted by Crippen LogP contribution is -2.38. The van der Waals surface area contributed by atoms with Crippen molar-refractivity contribution < 1.29 is 13.2 Å². The lowest BCUT2D eigenvalue weighted by molar-refractivity contribution is -0.117. The van der Waals surface area contributed by atoms with E-state index in [0.29, 0.717) is 30.4 Å². The highest BCUT2D eigenvalue weighted by atomic mass is 32.2. The van der Waals surface area contributed by atoms with Crippen molar-refractivity contribution in [2.24, 2.45) is 10.3 Å². The van der Waals surface area contributed by atoms with Crippen molar-refractivity contribution in [1.82, 2.24) is 10.2 Å². The Labute approximate surface area is 125 Å². The summed E-state index contributed by atoms with van der Waals surface area (Å²) in [7, 11) is -3.35. The number of carbonyl (C=O) groups excluding carboxylic acids is 1. The zero-order valence-electron chi connectivity index (χ0n) is 12.4. The molecule has 0 bridgehead atoms. The number of hydrogen-bond acceptors (Lipinski definition) is 4. The third kappa shape index (κ3) is 4.42. The molecule has 2 rings (SSSR count). The maximum atomic E-state index is 12.0. The lowest BCUT2D eigenvalue weighted by atomic mass is 10.1. The van der Waals surface area contributed by atoms with Crippen molar-refractivity contribution in [2.45, 2.75) is 26.7 Å². The zero-order chi connectivity index (χ0) is 15.5. The van der Waals surface area contributed by atoms with Gasteiger partial charge < -0.3 is 10.2 Å². The number of nitrogens with zero attached hydrogens (tertiary/aromatic N) is 2. The van der Waals surface area contributed by atoms with E-state index in [-0.39, 0.29) is 11.7 Å². The van der Waals surface area contributed by atoms with E-state index in [4.69, 9.17) is 0 Å². The lowest BCUT2D eigenvalue weighted by Gasteiger charge is -2.26. The highest BCUT2D eigenvalue weighted by Crippen LogP contribution is 2.15. The van der Waals surface area contributed by atoms with Crippen LogP contribution in [-0.4, -0.2) is 43.9 Å². The summed E-state index contributed by atoms with van der Waals surface area (Å²) in [4.78, 5) is 13.7. The average molecular weight is 311 g/mol. The van der Waals surface area contributed by atoms with E-state index >= 15 is 0 Å². The molecule has 21 heavy (non-hydrogen) atoms. The predicted molar refractivity (Wildman–Crippen MR) is 82.2 cm³/mol. The van der Waals surface area contributed by atoms with Crippen LogP contribution in [0.25, 0.3) is 0 Å². The first-order chi connectivity index (χ1) is 9.87. The summed E-state index contributed by atoms with van der Waals surface area (Å²) in [6, 6.07) is 0. The number of amides is 1. The first-order valence-corrected chi connectivity index (χ1v) is 8.76. The summed E-state index contributed by atoms with van der Waals surface area (Å²) < 4.78 is 26.5. The summed E-state index contributed by atoms with van der Waals surface area (Å²) in [5, 5.41) is 2.88. The van der Waals surface area contributed by atoms with E-state index in [1.165, 1.54) is 0 Å². The minimum absolute atomic E-state index is 0.0237. The minimum Gasteiger partial charge on any atom is -0.352 e. The Balaban J connectivity index is 1.93. The molecular weight excluding hydrogens is 290 g/mol. The third-order valence-corrected chi connectivity index (χ3v) is 4.49. The number of sulfonamides is 1. The minimum atomic E-state index is -3.35. The van der Waals surface area contributed by atoms with Crippen LogP contribution < -0.4 is 5.32 Å². The number of nitrogens with one attached hydrogen (secondary N) is 1. The van der Waals surface area contributed by atoms with Crippen molar-refractivity contribution in [1.29, 1.82) is 0 Å². The van der Waals surface area contributed by atoms with E-state index in [0.717, 1.165) is 12.8 Å². The van der Waals surface area contributed by atoms with E-state index in [1.807, 2.05) is 0 Å². The van der Waals surface area contributed by atoms with Crippen molar-refractivity contribution in [3.05, 3.63) is 23.9 Å². The van der Waals surface area contributed by atoms with Gasteiger partial charge in [-0.3, -0.25) is 4.79 Å². The van der Waals surface area contributed by atoms with Crippen molar-refractivity contribution >= 4 is 21.8 Å². The van der Waals surface area contributed by atoms with Gasteiger partial charge in [0.25, 0.3) is 15.9 Å². The second-order valence-corrected chi connectivity index (χ2v) is 7.39. The molecule has 7 heteroatoms. The van der Waals surface area contributed by atoms with Crippen LogP contribution in [0.1, 0.15) is 26.7 Å². The van der Waals surface area contributed by atoms with Gasteiger partial charge in [-0.25, -0.2) is 8.42 Å². The van der Waals surface area contributed by atoms with Gasteiger partial charge in [-0.05, 0) is 30.9 Å². The molecule has 0 aromatic heterocycles. The third-order valence-electron chi connectivity index (χ3n) is 3.33. The second-order valence-electron chi connectivity index (χ2n) is 5.64. The molecule has 1 amide bonds. The maximum Gasteiger partial charge on any atom is 0.256 e. The van der Waals surface area contributed by atoms with Gasteiger partial charge in [0, 0.05) is 19.3 Å². The Kier molecular flexibility index (Phi) is 4.82. The molecule has 0 saturated carbocycles. The summed E-state index contributed by atoms with van der Waals surface area (Å²) >= 11 is 0. The smallest absolute Gasteiger partial charge is 0.256 e. The quantitative estimate of drug-likeness (QED) is 0.769. The van der Waals surface area contributed by atoms with Gasteiger partial charge in [-0.2, -0.15) is 0 Å². The monoisotopic (exact) mass is 311 g/mol. The van der Waals surface area contributed by atoms with Crippen LogP contribution in [0.15, 0.2) is 28.3 Å². The molecular formula is C14H21N3O3S. The summed E-state index contributed by atoms with van der Waals surface area (Å²) in [5.41, 5.74) is 0.526. The van der Waals surface area contributed by atoms with Crippen LogP contribution in [-0.2, 0) is 14.8 Å². The largest absolute Gasteiger partial charge is 0.352 e. The van der Waals surface area contributed by atoms with Crippen LogP contribution in [0.4, 0.5) is 0 Å². The molecule has 2 aliphatic rings. The SMILES string of the molecule is CC(C)CCCNC(=O)C1=CN2CCS(=O)(=O)N=C2C=C1. The fraction of sp³-hybridized carbons (Fsp3) is 0.571. The molecule has 0 unspecified atom stereocenters. The highest BCUT2D eigenvalue weighted by Gasteiger charge is 2.24. The Morgan fingerprint density at radius 1 is 1.43 bits per heavy atom. The normalized spacial score (nSPS) is 19.9. The molecule has 116 valence electrons. The van der Waals surface area contributed by atoms with Gasteiger partial charge in [0.1, 0.15) is 5.84 Å². The van der Waals surface area contributed by atoms with E-state index in [9.17, 15) is 13.2 Å². The summed E-state index contributed by atoms with van der Waals surface area (Å²) in [5.74, 6) is 0.842. The predicted octanol–water partition coefficient (Wildman–Crippen LogP) is 1.04. The standard InChI is InChI=1S/C14H21N3O3S/c1-11(2)4-3-7-15-14(18)12-5-6-13-16-21(19,20)9-8-17(13)10-12/h5-6,10-11H,3-4,7-9H2,1-2H3,(H,15,18). The van der Waals surface area contributed by atoms with Gasteiger partial charge in [0.15, 0.2) is 0 Å². The van der Waals surface area contributed by atoms with Crippen molar-refractivity contribution in [3.63, 3.8) is 0 Å². The Hall–Kier alpha value is -1.63. The Bertz CT molecular complexity index is 603. The average Bonchev–Trinajstić information content (AvgIpc) is 2.41. The fourth-order valence-electron chi connectivity index (χ4n) is 2.15. The molecule has 2 aliphatic heterocycles. The second kappa shape index (κ2) is 6.43. The van der Waals surface area contributed by atoms with Gasteiger partial charge in [-0.1, -0.05) is 13.8 Å². The molecule has 0 atom stereocenters. The van der Waals surface area contributed by atoms with E-state index < -0.39 is 10.0 Å². The molecule has 0 radical (unpaired) electrons. The van der Waals surface area contributed by atoms with Gasteiger partial charge in [-0.15, -0.1) is 4.40 Å². The number of amidine groups is 1. The molecule has 2 heterocycles. The van der Waals surface area contributed by atoms with E-state index in [1.54, 1.807) is 23.3 Å². The Morgan fingerprint density at radius 2 is 2.19 bits per heavy atom. The molecule has 0 aliphatic carbocycles. The number of fused-ring (bicyclic) bond motifs is 1. The molecule has 0 saturated heterocycles. The molecule has 0 aromatic carbocycles. The summed E-state index contributed by atoms with van der Waals surface area (Å²) in [6.07, 6.45) is 6.87. The highest BCUT2D eigenvalue weighted by molar-refractivity contribution is 7.90. The van der Waals surface area contributed by atoms with Crippen molar-refractivity contribution in [3.8, 4) is 0 Å². The maximum absolute atomic E-state index is 12.0. The number of carbonyl (C=O) groups is 1. The van der Waals surface area contributed by atoms with Crippen LogP contribution in [0, 0.1) is 5.92 Å². The molecule has 0 spiro atoms. The number of hydrogen-bond donors (Lipinski definition) is 1. The Morgan fingerprint density at radius 3 is 2.90 bits per heavy atom.